The first-order chi connectivity index (χ1) is 6.77. The number of hydrogen-bond acceptors (Lipinski definition) is 1. The molecule has 0 saturated carbocycles. The SMILES string of the molecule is Cl.Fc1cc([C@@H]2CCCCN2)ccc1Br. The van der Waals surface area contributed by atoms with Gasteiger partial charge in [-0.05, 0) is 53.0 Å². The van der Waals surface area contributed by atoms with E-state index in [-0.39, 0.29) is 18.2 Å². The molecule has 1 aromatic carbocycles. The van der Waals surface area contributed by atoms with Gasteiger partial charge in [-0.25, -0.2) is 4.39 Å². The molecular formula is C11H14BrClFN. The highest BCUT2D eigenvalue weighted by Crippen LogP contribution is 2.25. The fraction of sp³-hybridized carbons (Fsp3) is 0.455. The number of hydrogen-bond donors (Lipinski definition) is 1. The zero-order chi connectivity index (χ0) is 9.97. The van der Waals surface area contributed by atoms with E-state index in [0.717, 1.165) is 18.5 Å². The molecule has 0 spiro atoms. The smallest absolute Gasteiger partial charge is 0.137 e. The second kappa shape index (κ2) is 5.83. The summed E-state index contributed by atoms with van der Waals surface area (Å²) >= 11 is 3.16. The maximum Gasteiger partial charge on any atom is 0.137 e. The molecular weight excluding hydrogens is 280 g/mol. The Hall–Kier alpha value is -0.120. The van der Waals surface area contributed by atoms with Crippen molar-refractivity contribution in [3.63, 3.8) is 0 Å². The van der Waals surface area contributed by atoms with Crippen molar-refractivity contribution in [1.29, 1.82) is 0 Å². The molecule has 84 valence electrons. The Kier molecular flexibility index (Phi) is 5.03. The molecule has 0 bridgehead atoms. The van der Waals surface area contributed by atoms with Crippen LogP contribution < -0.4 is 5.32 Å². The summed E-state index contributed by atoms with van der Waals surface area (Å²) in [4.78, 5) is 0. The fourth-order valence-electron chi connectivity index (χ4n) is 1.87. The third kappa shape index (κ3) is 3.16. The Labute approximate surface area is 104 Å². The van der Waals surface area contributed by atoms with E-state index in [1.165, 1.54) is 12.8 Å². The van der Waals surface area contributed by atoms with Crippen molar-refractivity contribution in [2.24, 2.45) is 0 Å². The van der Waals surface area contributed by atoms with Crippen molar-refractivity contribution < 1.29 is 4.39 Å². The zero-order valence-corrected chi connectivity index (χ0v) is 10.7. The summed E-state index contributed by atoms with van der Waals surface area (Å²) < 4.78 is 13.8. The quantitative estimate of drug-likeness (QED) is 0.830. The first-order valence-corrected chi connectivity index (χ1v) is 5.75. The topological polar surface area (TPSA) is 12.0 Å². The molecule has 1 nitrogen and oxygen atoms in total. The van der Waals surface area contributed by atoms with Crippen LogP contribution in [0.2, 0.25) is 0 Å². The first-order valence-electron chi connectivity index (χ1n) is 4.96. The molecule has 1 N–H and O–H groups in total. The van der Waals surface area contributed by atoms with Gasteiger partial charge in [-0.2, -0.15) is 0 Å². The highest BCUT2D eigenvalue weighted by molar-refractivity contribution is 9.10. The largest absolute Gasteiger partial charge is 0.310 e. The van der Waals surface area contributed by atoms with Crippen LogP contribution in [0.5, 0.6) is 0 Å². The molecule has 1 saturated heterocycles. The van der Waals surface area contributed by atoms with Crippen LogP contribution in [0.4, 0.5) is 4.39 Å². The summed E-state index contributed by atoms with van der Waals surface area (Å²) in [5.74, 6) is -0.171. The van der Waals surface area contributed by atoms with Crippen LogP contribution in [-0.4, -0.2) is 6.54 Å². The van der Waals surface area contributed by atoms with Gasteiger partial charge in [-0.3, -0.25) is 0 Å². The molecule has 1 aliphatic heterocycles. The van der Waals surface area contributed by atoms with Crippen LogP contribution in [0.3, 0.4) is 0 Å². The van der Waals surface area contributed by atoms with Crippen LogP contribution in [0, 0.1) is 5.82 Å². The highest BCUT2D eigenvalue weighted by atomic mass is 79.9. The minimum Gasteiger partial charge on any atom is -0.310 e. The number of benzene rings is 1. The normalized spacial score (nSPS) is 20.8. The van der Waals surface area contributed by atoms with Gasteiger partial charge in [0.15, 0.2) is 0 Å². The second-order valence-electron chi connectivity index (χ2n) is 3.68. The first kappa shape index (κ1) is 12.9. The van der Waals surface area contributed by atoms with E-state index in [0.29, 0.717) is 10.5 Å². The van der Waals surface area contributed by atoms with Gasteiger partial charge in [0.05, 0.1) is 4.47 Å². The molecule has 1 aromatic rings. The lowest BCUT2D eigenvalue weighted by Crippen LogP contribution is -2.26. The number of nitrogens with one attached hydrogen (secondary N) is 1. The lowest BCUT2D eigenvalue weighted by atomic mass is 9.98. The summed E-state index contributed by atoms with van der Waals surface area (Å²) in [7, 11) is 0. The Morgan fingerprint density at radius 2 is 2.13 bits per heavy atom. The van der Waals surface area contributed by atoms with Crippen molar-refractivity contribution in [2.45, 2.75) is 25.3 Å². The molecule has 0 radical (unpaired) electrons. The molecule has 4 heteroatoms. The van der Waals surface area contributed by atoms with Crippen molar-refractivity contribution in [1.82, 2.24) is 5.32 Å². The van der Waals surface area contributed by atoms with Gasteiger partial charge in [-0.1, -0.05) is 12.5 Å². The van der Waals surface area contributed by atoms with Crippen molar-refractivity contribution in [2.75, 3.05) is 6.54 Å². The summed E-state index contributed by atoms with van der Waals surface area (Å²) in [5.41, 5.74) is 1.06. The van der Waals surface area contributed by atoms with Crippen LogP contribution in [0.25, 0.3) is 0 Å². The van der Waals surface area contributed by atoms with Crippen LogP contribution in [0.15, 0.2) is 22.7 Å². The minimum absolute atomic E-state index is 0. The molecule has 0 amide bonds. The highest BCUT2D eigenvalue weighted by Gasteiger charge is 2.15. The van der Waals surface area contributed by atoms with Crippen molar-refractivity contribution in [3.05, 3.63) is 34.1 Å². The van der Waals surface area contributed by atoms with Gasteiger partial charge in [-0.15, -0.1) is 12.4 Å². The van der Waals surface area contributed by atoms with Gasteiger partial charge < -0.3 is 5.32 Å². The van der Waals surface area contributed by atoms with E-state index in [1.807, 2.05) is 6.07 Å². The Bertz CT molecular complexity index is 326. The number of rotatable bonds is 1. The fourth-order valence-corrected chi connectivity index (χ4v) is 2.11. The Morgan fingerprint density at radius 1 is 1.33 bits per heavy atom. The van der Waals surface area contributed by atoms with E-state index >= 15 is 0 Å². The third-order valence-corrected chi connectivity index (χ3v) is 3.30. The molecule has 0 unspecified atom stereocenters. The number of halogens is 3. The van der Waals surface area contributed by atoms with Gasteiger partial charge >= 0.3 is 0 Å². The van der Waals surface area contributed by atoms with Crippen LogP contribution >= 0.6 is 28.3 Å². The maximum atomic E-state index is 13.3. The standard InChI is InChI=1S/C11H13BrFN.ClH/c12-9-5-4-8(7-10(9)13)11-3-1-2-6-14-11;/h4-5,7,11,14H,1-3,6H2;1H/t11-;/m0./s1. The lowest BCUT2D eigenvalue weighted by Gasteiger charge is -2.23. The Morgan fingerprint density at radius 3 is 2.73 bits per heavy atom. The summed E-state index contributed by atoms with van der Waals surface area (Å²) in [5, 5.41) is 3.40. The molecule has 1 fully saturated rings. The predicted molar refractivity (Wildman–Crippen MR) is 65.9 cm³/mol. The van der Waals surface area contributed by atoms with E-state index in [1.54, 1.807) is 12.1 Å². The molecule has 1 heterocycles. The van der Waals surface area contributed by atoms with E-state index in [4.69, 9.17) is 0 Å². The third-order valence-electron chi connectivity index (χ3n) is 2.66. The zero-order valence-electron chi connectivity index (χ0n) is 8.30. The number of piperidine rings is 1. The predicted octanol–water partition coefficient (Wildman–Crippen LogP) is 3.82. The molecule has 0 aliphatic carbocycles. The van der Waals surface area contributed by atoms with Crippen LogP contribution in [0.1, 0.15) is 30.9 Å². The van der Waals surface area contributed by atoms with E-state index in [2.05, 4.69) is 21.2 Å². The summed E-state index contributed by atoms with van der Waals surface area (Å²) in [6, 6.07) is 5.72. The van der Waals surface area contributed by atoms with Gasteiger partial charge in [0.1, 0.15) is 5.82 Å². The van der Waals surface area contributed by atoms with Crippen molar-refractivity contribution >= 4 is 28.3 Å². The second-order valence-corrected chi connectivity index (χ2v) is 4.53. The maximum absolute atomic E-state index is 13.3. The van der Waals surface area contributed by atoms with E-state index in [9.17, 15) is 4.39 Å². The molecule has 2 rings (SSSR count). The van der Waals surface area contributed by atoms with Crippen molar-refractivity contribution in [3.8, 4) is 0 Å². The molecule has 0 aromatic heterocycles. The monoisotopic (exact) mass is 293 g/mol. The molecule has 1 atom stereocenters. The van der Waals surface area contributed by atoms with Crippen LogP contribution in [-0.2, 0) is 0 Å². The van der Waals surface area contributed by atoms with E-state index < -0.39 is 0 Å². The summed E-state index contributed by atoms with van der Waals surface area (Å²) in [6.45, 7) is 1.04. The van der Waals surface area contributed by atoms with Gasteiger partial charge in [0.25, 0.3) is 0 Å². The minimum atomic E-state index is -0.171. The lowest BCUT2D eigenvalue weighted by molar-refractivity contribution is 0.411. The van der Waals surface area contributed by atoms with Gasteiger partial charge in [0, 0.05) is 6.04 Å². The molecule has 15 heavy (non-hydrogen) atoms. The molecule has 1 aliphatic rings. The average Bonchev–Trinajstić information content (AvgIpc) is 2.23. The van der Waals surface area contributed by atoms with Gasteiger partial charge in [0.2, 0.25) is 0 Å². The summed E-state index contributed by atoms with van der Waals surface area (Å²) in [6.07, 6.45) is 3.58. The average molecular weight is 295 g/mol. The Balaban J connectivity index is 0.00000112.